The largest absolute Gasteiger partial charge is 0.491 e. The molecule has 0 aliphatic rings. The van der Waals surface area contributed by atoms with E-state index < -0.39 is 4.92 Å². The summed E-state index contributed by atoms with van der Waals surface area (Å²) in [4.78, 5) is 9.99. The molecular formula is C9H10ClNO4. The molecule has 0 unspecified atom stereocenters. The average molecular weight is 232 g/mol. The Morgan fingerprint density at radius 1 is 1.47 bits per heavy atom. The van der Waals surface area contributed by atoms with Crippen LogP contribution in [0.3, 0.4) is 0 Å². The normalized spacial score (nSPS) is 10.0. The fourth-order valence-electron chi connectivity index (χ4n) is 0.965. The number of nitro groups is 1. The molecule has 6 heteroatoms. The van der Waals surface area contributed by atoms with Crippen LogP contribution in [0, 0.1) is 10.1 Å². The third kappa shape index (κ3) is 3.38. The molecule has 0 bridgehead atoms. The molecule has 0 heterocycles. The smallest absolute Gasteiger partial charge is 0.291 e. The van der Waals surface area contributed by atoms with Gasteiger partial charge in [-0.15, -0.1) is 0 Å². The second kappa shape index (κ2) is 5.53. The molecule has 1 aromatic rings. The third-order valence-corrected chi connectivity index (χ3v) is 1.99. The van der Waals surface area contributed by atoms with Gasteiger partial charge in [-0.2, -0.15) is 0 Å². The number of halogens is 1. The molecular weight excluding hydrogens is 222 g/mol. The first-order valence-corrected chi connectivity index (χ1v) is 4.58. The zero-order valence-corrected chi connectivity index (χ0v) is 8.86. The van der Waals surface area contributed by atoms with Crippen LogP contribution < -0.4 is 4.74 Å². The maximum atomic E-state index is 10.5. The summed E-state index contributed by atoms with van der Waals surface area (Å²) in [5.41, 5.74) is -0.161. The minimum Gasteiger partial charge on any atom is -0.491 e. The molecule has 0 radical (unpaired) electrons. The lowest BCUT2D eigenvalue weighted by molar-refractivity contribution is -0.384. The summed E-state index contributed by atoms with van der Waals surface area (Å²) in [6.45, 7) is 0.770. The predicted molar refractivity (Wildman–Crippen MR) is 55.5 cm³/mol. The summed E-state index contributed by atoms with van der Waals surface area (Å²) >= 11 is 5.63. The Kier molecular flexibility index (Phi) is 4.33. The van der Waals surface area contributed by atoms with Crippen LogP contribution >= 0.6 is 11.6 Å². The Morgan fingerprint density at radius 3 is 2.80 bits per heavy atom. The first-order chi connectivity index (χ1) is 7.15. The zero-order valence-electron chi connectivity index (χ0n) is 8.10. The van der Waals surface area contributed by atoms with Crippen LogP contribution in [-0.4, -0.2) is 25.2 Å². The van der Waals surface area contributed by atoms with E-state index in [1.165, 1.54) is 12.1 Å². The van der Waals surface area contributed by atoms with E-state index in [9.17, 15) is 10.1 Å². The van der Waals surface area contributed by atoms with Crippen LogP contribution in [0.1, 0.15) is 0 Å². The average Bonchev–Trinajstić information content (AvgIpc) is 2.20. The number of hydrogen-bond acceptors (Lipinski definition) is 4. The van der Waals surface area contributed by atoms with Gasteiger partial charge in [0.1, 0.15) is 17.4 Å². The number of hydrogen-bond donors (Lipinski definition) is 0. The molecule has 1 rings (SSSR count). The van der Waals surface area contributed by atoms with Crippen molar-refractivity contribution in [2.24, 2.45) is 0 Å². The van der Waals surface area contributed by atoms with Gasteiger partial charge in [0.15, 0.2) is 0 Å². The highest BCUT2D eigenvalue weighted by Crippen LogP contribution is 2.28. The zero-order chi connectivity index (χ0) is 11.3. The number of rotatable bonds is 5. The lowest BCUT2D eigenvalue weighted by atomic mass is 10.3. The van der Waals surface area contributed by atoms with Crippen LogP contribution in [0.15, 0.2) is 18.2 Å². The van der Waals surface area contributed by atoms with Gasteiger partial charge in [0.25, 0.3) is 5.69 Å². The van der Waals surface area contributed by atoms with Crippen molar-refractivity contribution in [3.63, 3.8) is 0 Å². The van der Waals surface area contributed by atoms with Crippen molar-refractivity contribution in [1.82, 2.24) is 0 Å². The lowest BCUT2D eigenvalue weighted by Gasteiger charge is -2.05. The molecule has 0 aromatic heterocycles. The molecule has 0 saturated carbocycles. The Bertz CT molecular complexity index is 356. The van der Waals surface area contributed by atoms with E-state index in [-0.39, 0.29) is 10.7 Å². The second-order valence-corrected chi connectivity index (χ2v) is 3.12. The standard InChI is InChI=1S/C9H10ClNO4/c1-14-4-5-15-7-2-3-8(10)9(6-7)11(12)13/h2-3,6H,4-5H2,1H3. The summed E-state index contributed by atoms with van der Waals surface area (Å²) in [5.74, 6) is 0.406. The van der Waals surface area contributed by atoms with Crippen LogP contribution in [-0.2, 0) is 4.74 Å². The van der Waals surface area contributed by atoms with Crippen molar-refractivity contribution in [3.05, 3.63) is 33.3 Å². The van der Waals surface area contributed by atoms with Gasteiger partial charge < -0.3 is 9.47 Å². The minimum absolute atomic E-state index is 0.0964. The molecule has 0 aliphatic heterocycles. The number of ether oxygens (including phenoxy) is 2. The molecule has 0 fully saturated rings. The van der Waals surface area contributed by atoms with E-state index in [1.54, 1.807) is 13.2 Å². The summed E-state index contributed by atoms with van der Waals surface area (Å²) in [5, 5.41) is 10.6. The van der Waals surface area contributed by atoms with E-state index in [0.717, 1.165) is 0 Å². The molecule has 0 amide bonds. The van der Waals surface area contributed by atoms with Crippen molar-refractivity contribution in [2.75, 3.05) is 20.3 Å². The number of methoxy groups -OCH3 is 1. The van der Waals surface area contributed by atoms with Gasteiger partial charge in [-0.25, -0.2) is 0 Å². The number of nitro benzene ring substituents is 1. The van der Waals surface area contributed by atoms with Crippen LogP contribution in [0.25, 0.3) is 0 Å². The Labute approximate surface area is 91.7 Å². The summed E-state index contributed by atoms with van der Waals surface area (Å²) in [6.07, 6.45) is 0. The predicted octanol–water partition coefficient (Wildman–Crippen LogP) is 2.27. The van der Waals surface area contributed by atoms with Crippen molar-refractivity contribution < 1.29 is 14.4 Å². The summed E-state index contributed by atoms with van der Waals surface area (Å²) < 4.78 is 9.98. The quantitative estimate of drug-likeness (QED) is 0.443. The molecule has 82 valence electrons. The fourth-order valence-corrected chi connectivity index (χ4v) is 1.15. The highest BCUT2D eigenvalue weighted by atomic mass is 35.5. The van der Waals surface area contributed by atoms with Crippen molar-refractivity contribution >= 4 is 17.3 Å². The maximum absolute atomic E-state index is 10.5. The minimum atomic E-state index is -0.550. The second-order valence-electron chi connectivity index (χ2n) is 2.71. The van der Waals surface area contributed by atoms with Gasteiger partial charge in [0.05, 0.1) is 17.6 Å². The molecule has 1 aromatic carbocycles. The van der Waals surface area contributed by atoms with E-state index in [4.69, 9.17) is 21.1 Å². The monoisotopic (exact) mass is 231 g/mol. The topological polar surface area (TPSA) is 61.6 Å². The Balaban J connectivity index is 2.74. The molecule has 15 heavy (non-hydrogen) atoms. The van der Waals surface area contributed by atoms with Crippen LogP contribution in [0.2, 0.25) is 5.02 Å². The SMILES string of the molecule is COCCOc1ccc(Cl)c([N+](=O)[O-])c1. The van der Waals surface area contributed by atoms with E-state index in [2.05, 4.69) is 0 Å². The lowest BCUT2D eigenvalue weighted by Crippen LogP contribution is -2.04. The maximum Gasteiger partial charge on any atom is 0.291 e. The Hall–Kier alpha value is -1.33. The van der Waals surface area contributed by atoms with Gasteiger partial charge in [-0.05, 0) is 12.1 Å². The first-order valence-electron chi connectivity index (χ1n) is 4.21. The van der Waals surface area contributed by atoms with E-state index in [1.807, 2.05) is 0 Å². The van der Waals surface area contributed by atoms with Gasteiger partial charge >= 0.3 is 0 Å². The highest BCUT2D eigenvalue weighted by Gasteiger charge is 2.12. The first kappa shape index (κ1) is 11.7. The molecule has 0 saturated heterocycles. The number of benzene rings is 1. The number of nitrogens with zero attached hydrogens (tertiary/aromatic N) is 1. The van der Waals surface area contributed by atoms with Crippen molar-refractivity contribution in [1.29, 1.82) is 0 Å². The van der Waals surface area contributed by atoms with Gasteiger partial charge in [-0.3, -0.25) is 10.1 Å². The van der Waals surface area contributed by atoms with Gasteiger partial charge in [0, 0.05) is 7.11 Å². The molecule has 0 N–H and O–H groups in total. The summed E-state index contributed by atoms with van der Waals surface area (Å²) in [6, 6.07) is 4.30. The van der Waals surface area contributed by atoms with Gasteiger partial charge in [-0.1, -0.05) is 11.6 Å². The molecule has 0 aliphatic carbocycles. The highest BCUT2D eigenvalue weighted by molar-refractivity contribution is 6.32. The molecule has 0 spiro atoms. The molecule has 5 nitrogen and oxygen atoms in total. The van der Waals surface area contributed by atoms with Crippen LogP contribution in [0.5, 0.6) is 5.75 Å². The van der Waals surface area contributed by atoms with E-state index in [0.29, 0.717) is 19.0 Å². The third-order valence-electron chi connectivity index (χ3n) is 1.67. The van der Waals surface area contributed by atoms with Crippen molar-refractivity contribution in [2.45, 2.75) is 0 Å². The van der Waals surface area contributed by atoms with E-state index >= 15 is 0 Å². The van der Waals surface area contributed by atoms with Crippen molar-refractivity contribution in [3.8, 4) is 5.75 Å². The van der Waals surface area contributed by atoms with Gasteiger partial charge in [0.2, 0.25) is 0 Å². The fraction of sp³-hybridized carbons (Fsp3) is 0.333. The van der Waals surface area contributed by atoms with Crippen LogP contribution in [0.4, 0.5) is 5.69 Å². The summed E-state index contributed by atoms with van der Waals surface area (Å²) in [7, 11) is 1.55. The molecule has 0 atom stereocenters. The Morgan fingerprint density at radius 2 is 2.20 bits per heavy atom.